The first-order valence-electron chi connectivity index (χ1n) is 4.72. The highest BCUT2D eigenvalue weighted by molar-refractivity contribution is 6.33. The van der Waals surface area contributed by atoms with E-state index in [2.05, 4.69) is 10.3 Å². The van der Waals surface area contributed by atoms with Crippen LogP contribution in [0.15, 0.2) is 24.3 Å². The fourth-order valence-electron chi connectivity index (χ4n) is 1.29. The standard InChI is InChI=1S/C11H5ClF4N2/c12-5-3-1-2-4-6(5)17-9-7(13)10(15)18-11(16)8(9)14/h1-4H,(H,17,18). The topological polar surface area (TPSA) is 24.9 Å². The third-order valence-corrected chi connectivity index (χ3v) is 2.46. The van der Waals surface area contributed by atoms with Gasteiger partial charge in [0.15, 0.2) is 0 Å². The second-order valence-corrected chi connectivity index (χ2v) is 3.71. The SMILES string of the molecule is Fc1nc(F)c(F)c(Nc2ccccc2Cl)c1F. The smallest absolute Gasteiger partial charge is 0.253 e. The molecule has 2 rings (SSSR count). The summed E-state index contributed by atoms with van der Waals surface area (Å²) in [5.41, 5.74) is -0.866. The summed E-state index contributed by atoms with van der Waals surface area (Å²) in [4.78, 5) is 2.44. The second kappa shape index (κ2) is 4.81. The Labute approximate surface area is 104 Å². The highest BCUT2D eigenvalue weighted by Crippen LogP contribution is 2.29. The van der Waals surface area contributed by atoms with E-state index in [4.69, 9.17) is 11.6 Å². The molecule has 0 aliphatic rings. The van der Waals surface area contributed by atoms with Gasteiger partial charge in [-0.25, -0.2) is 0 Å². The van der Waals surface area contributed by atoms with Crippen molar-refractivity contribution >= 4 is 23.0 Å². The number of hydrogen-bond acceptors (Lipinski definition) is 2. The first-order valence-corrected chi connectivity index (χ1v) is 5.10. The average Bonchev–Trinajstić information content (AvgIpc) is 2.34. The Hall–Kier alpha value is -1.82. The Morgan fingerprint density at radius 1 is 0.944 bits per heavy atom. The van der Waals surface area contributed by atoms with Gasteiger partial charge in [-0.3, -0.25) is 0 Å². The molecule has 2 aromatic rings. The number of nitrogens with zero attached hydrogens (tertiary/aromatic N) is 1. The number of hydrogen-bond donors (Lipinski definition) is 1. The molecule has 0 aliphatic carbocycles. The molecule has 0 fully saturated rings. The molecule has 0 amide bonds. The molecule has 0 saturated heterocycles. The van der Waals surface area contributed by atoms with Gasteiger partial charge in [0.05, 0.1) is 10.7 Å². The molecule has 0 bridgehead atoms. The normalized spacial score (nSPS) is 10.5. The molecule has 94 valence electrons. The van der Waals surface area contributed by atoms with E-state index in [9.17, 15) is 17.6 Å². The summed E-state index contributed by atoms with van der Waals surface area (Å²) in [5, 5.41) is 2.34. The molecule has 18 heavy (non-hydrogen) atoms. The Morgan fingerprint density at radius 2 is 1.50 bits per heavy atom. The number of nitrogens with one attached hydrogen (secondary N) is 1. The molecule has 1 aromatic heterocycles. The van der Waals surface area contributed by atoms with Crippen LogP contribution >= 0.6 is 11.6 Å². The van der Waals surface area contributed by atoms with E-state index in [1.807, 2.05) is 0 Å². The number of anilines is 2. The zero-order valence-electron chi connectivity index (χ0n) is 8.65. The van der Waals surface area contributed by atoms with Crippen LogP contribution in [0.3, 0.4) is 0 Å². The van der Waals surface area contributed by atoms with Crippen LogP contribution < -0.4 is 5.32 Å². The highest BCUT2D eigenvalue weighted by atomic mass is 35.5. The van der Waals surface area contributed by atoms with Crippen molar-refractivity contribution < 1.29 is 17.6 Å². The van der Waals surface area contributed by atoms with E-state index in [1.54, 1.807) is 6.07 Å². The van der Waals surface area contributed by atoms with Gasteiger partial charge in [-0.15, -0.1) is 0 Å². The minimum absolute atomic E-state index is 0.113. The first-order chi connectivity index (χ1) is 8.50. The van der Waals surface area contributed by atoms with Crippen LogP contribution in [0, 0.1) is 23.5 Å². The van der Waals surface area contributed by atoms with Gasteiger partial charge in [0.25, 0.3) is 11.9 Å². The Bertz CT molecular complexity index is 578. The largest absolute Gasteiger partial charge is 0.349 e. The van der Waals surface area contributed by atoms with Gasteiger partial charge < -0.3 is 5.32 Å². The Balaban J connectivity index is 2.50. The van der Waals surface area contributed by atoms with Crippen LogP contribution in [0.1, 0.15) is 0 Å². The fraction of sp³-hybridized carbons (Fsp3) is 0. The fourth-order valence-corrected chi connectivity index (χ4v) is 1.48. The quantitative estimate of drug-likeness (QED) is 0.661. The van der Waals surface area contributed by atoms with Crippen LogP contribution in [-0.4, -0.2) is 4.98 Å². The minimum Gasteiger partial charge on any atom is -0.349 e. The van der Waals surface area contributed by atoms with Crippen molar-refractivity contribution in [3.63, 3.8) is 0 Å². The maximum absolute atomic E-state index is 13.3. The second-order valence-electron chi connectivity index (χ2n) is 3.30. The molecule has 7 heteroatoms. The van der Waals surface area contributed by atoms with Gasteiger partial charge in [0, 0.05) is 0 Å². The third kappa shape index (κ3) is 2.24. The van der Waals surface area contributed by atoms with E-state index in [-0.39, 0.29) is 10.7 Å². The number of para-hydroxylation sites is 1. The monoisotopic (exact) mass is 276 g/mol. The molecule has 0 aliphatic heterocycles. The predicted octanol–water partition coefficient (Wildman–Crippen LogP) is 4.04. The summed E-state index contributed by atoms with van der Waals surface area (Å²) in [6.45, 7) is 0. The number of halogens is 5. The van der Waals surface area contributed by atoms with Gasteiger partial charge in [-0.05, 0) is 12.1 Å². The van der Waals surface area contributed by atoms with Crippen molar-refractivity contribution in [3.05, 3.63) is 52.8 Å². The lowest BCUT2D eigenvalue weighted by molar-refractivity contribution is 0.411. The van der Waals surface area contributed by atoms with Crippen molar-refractivity contribution in [1.29, 1.82) is 0 Å². The summed E-state index contributed by atoms with van der Waals surface area (Å²) in [7, 11) is 0. The van der Waals surface area contributed by atoms with Crippen LogP contribution in [0.4, 0.5) is 28.9 Å². The van der Waals surface area contributed by atoms with E-state index in [0.717, 1.165) is 0 Å². The van der Waals surface area contributed by atoms with Crippen LogP contribution in [0.2, 0.25) is 5.02 Å². The molecular formula is C11H5ClF4N2. The maximum atomic E-state index is 13.3. The molecule has 0 spiro atoms. The van der Waals surface area contributed by atoms with E-state index in [1.165, 1.54) is 18.2 Å². The molecule has 1 aromatic carbocycles. The third-order valence-electron chi connectivity index (χ3n) is 2.13. The van der Waals surface area contributed by atoms with E-state index < -0.39 is 29.2 Å². The van der Waals surface area contributed by atoms with Gasteiger partial charge >= 0.3 is 0 Å². The van der Waals surface area contributed by atoms with Gasteiger partial charge in [-0.2, -0.15) is 22.5 Å². The van der Waals surface area contributed by atoms with E-state index in [0.29, 0.717) is 0 Å². The predicted molar refractivity (Wildman–Crippen MR) is 58.8 cm³/mol. The number of benzene rings is 1. The molecule has 2 nitrogen and oxygen atoms in total. The number of aromatic nitrogens is 1. The van der Waals surface area contributed by atoms with Crippen LogP contribution in [-0.2, 0) is 0 Å². The minimum atomic E-state index is -1.73. The Kier molecular flexibility index (Phi) is 3.38. The lowest BCUT2D eigenvalue weighted by atomic mass is 10.3. The lowest BCUT2D eigenvalue weighted by Gasteiger charge is -2.10. The zero-order valence-corrected chi connectivity index (χ0v) is 9.40. The van der Waals surface area contributed by atoms with Crippen molar-refractivity contribution in [2.24, 2.45) is 0 Å². The average molecular weight is 277 g/mol. The van der Waals surface area contributed by atoms with Crippen molar-refractivity contribution in [2.45, 2.75) is 0 Å². The molecule has 1 N–H and O–H groups in total. The Morgan fingerprint density at radius 3 is 2.06 bits per heavy atom. The molecule has 0 atom stereocenters. The van der Waals surface area contributed by atoms with Crippen molar-refractivity contribution in [1.82, 2.24) is 4.98 Å². The molecule has 0 radical (unpaired) electrons. The molecule has 0 saturated carbocycles. The summed E-state index contributed by atoms with van der Waals surface area (Å²) in [5.74, 6) is -6.70. The summed E-state index contributed by atoms with van der Waals surface area (Å²) >= 11 is 5.75. The summed E-state index contributed by atoms with van der Waals surface area (Å²) in [6, 6.07) is 5.98. The van der Waals surface area contributed by atoms with Gasteiger partial charge in [-0.1, -0.05) is 23.7 Å². The van der Waals surface area contributed by atoms with E-state index >= 15 is 0 Å². The van der Waals surface area contributed by atoms with Crippen molar-refractivity contribution in [2.75, 3.05) is 5.32 Å². The van der Waals surface area contributed by atoms with Gasteiger partial charge in [0.1, 0.15) is 5.69 Å². The molecule has 0 unspecified atom stereocenters. The lowest BCUT2D eigenvalue weighted by Crippen LogP contribution is -2.06. The van der Waals surface area contributed by atoms with Crippen molar-refractivity contribution in [3.8, 4) is 0 Å². The number of pyridine rings is 1. The molecule has 1 heterocycles. The highest BCUT2D eigenvalue weighted by Gasteiger charge is 2.21. The molecular weight excluding hydrogens is 272 g/mol. The summed E-state index contributed by atoms with van der Waals surface area (Å²) < 4.78 is 52.3. The zero-order chi connectivity index (χ0) is 13.3. The van der Waals surface area contributed by atoms with Crippen LogP contribution in [0.5, 0.6) is 0 Å². The number of rotatable bonds is 2. The maximum Gasteiger partial charge on any atom is 0.253 e. The summed E-state index contributed by atoms with van der Waals surface area (Å²) in [6.07, 6.45) is 0. The van der Waals surface area contributed by atoms with Gasteiger partial charge in [0.2, 0.25) is 11.6 Å². The van der Waals surface area contributed by atoms with Crippen LogP contribution in [0.25, 0.3) is 0 Å². The first kappa shape index (κ1) is 12.6.